The molecule has 0 spiro atoms. The Balaban J connectivity index is 1.81. The van der Waals surface area contributed by atoms with E-state index in [1.807, 2.05) is 4.90 Å². The number of rotatable bonds is 2. The molecular formula is C16H21ClN2O3. The number of fused-ring (bicyclic) bond motifs is 1. The molecule has 1 aromatic rings. The van der Waals surface area contributed by atoms with E-state index in [9.17, 15) is 4.79 Å². The van der Waals surface area contributed by atoms with Crippen molar-refractivity contribution in [3.63, 3.8) is 0 Å². The van der Waals surface area contributed by atoms with Gasteiger partial charge < -0.3 is 14.4 Å². The van der Waals surface area contributed by atoms with E-state index < -0.39 is 0 Å². The van der Waals surface area contributed by atoms with Crippen LogP contribution >= 0.6 is 11.6 Å². The van der Waals surface area contributed by atoms with Crippen LogP contribution in [0.1, 0.15) is 16.8 Å². The first-order valence-corrected chi connectivity index (χ1v) is 7.93. The van der Waals surface area contributed by atoms with Crippen LogP contribution in [-0.4, -0.2) is 68.3 Å². The minimum absolute atomic E-state index is 0.0696. The Morgan fingerprint density at radius 1 is 1.41 bits per heavy atom. The van der Waals surface area contributed by atoms with Crippen LogP contribution in [0.25, 0.3) is 0 Å². The highest BCUT2D eigenvalue weighted by Gasteiger charge is 2.37. The molecule has 2 fully saturated rings. The van der Waals surface area contributed by atoms with Gasteiger partial charge in [0, 0.05) is 19.6 Å². The fraction of sp³-hybridized carbons (Fsp3) is 0.562. The third-order valence-corrected chi connectivity index (χ3v) is 4.87. The van der Waals surface area contributed by atoms with E-state index in [1.165, 1.54) is 0 Å². The normalized spacial score (nSPS) is 25.7. The molecule has 2 atom stereocenters. The van der Waals surface area contributed by atoms with Crippen LogP contribution in [0.4, 0.5) is 0 Å². The van der Waals surface area contributed by atoms with E-state index in [1.54, 1.807) is 25.3 Å². The lowest BCUT2D eigenvalue weighted by Gasteiger charge is -2.45. The van der Waals surface area contributed by atoms with E-state index in [0.29, 0.717) is 29.4 Å². The highest BCUT2D eigenvalue weighted by Crippen LogP contribution is 2.30. The largest absolute Gasteiger partial charge is 0.496 e. The predicted molar refractivity (Wildman–Crippen MR) is 84.7 cm³/mol. The summed E-state index contributed by atoms with van der Waals surface area (Å²) in [4.78, 5) is 17.0. The molecule has 6 heteroatoms. The Labute approximate surface area is 135 Å². The topological polar surface area (TPSA) is 42.0 Å². The summed E-state index contributed by atoms with van der Waals surface area (Å²) in [5, 5.41) is 0.430. The van der Waals surface area contributed by atoms with Crippen LogP contribution in [0.15, 0.2) is 18.2 Å². The third kappa shape index (κ3) is 2.81. The minimum atomic E-state index is -0.0696. The molecule has 2 aliphatic heterocycles. The first-order valence-electron chi connectivity index (χ1n) is 7.55. The van der Waals surface area contributed by atoms with Crippen molar-refractivity contribution < 1.29 is 14.3 Å². The molecule has 1 amide bonds. The molecule has 2 aliphatic rings. The van der Waals surface area contributed by atoms with Crippen LogP contribution < -0.4 is 4.74 Å². The summed E-state index contributed by atoms with van der Waals surface area (Å²) in [6.45, 7) is 3.01. The maximum atomic E-state index is 12.9. The fourth-order valence-electron chi connectivity index (χ4n) is 3.27. The van der Waals surface area contributed by atoms with Crippen molar-refractivity contribution in [3.8, 4) is 5.75 Å². The van der Waals surface area contributed by atoms with Gasteiger partial charge in [0.25, 0.3) is 5.91 Å². The van der Waals surface area contributed by atoms with Crippen LogP contribution in [-0.2, 0) is 4.74 Å². The lowest BCUT2D eigenvalue weighted by Crippen LogP contribution is -2.59. The van der Waals surface area contributed by atoms with Crippen molar-refractivity contribution >= 4 is 17.5 Å². The molecule has 0 aliphatic carbocycles. The van der Waals surface area contributed by atoms with E-state index in [4.69, 9.17) is 21.1 Å². The molecule has 0 radical (unpaired) electrons. The van der Waals surface area contributed by atoms with Gasteiger partial charge in [-0.25, -0.2) is 0 Å². The van der Waals surface area contributed by atoms with Gasteiger partial charge in [-0.05, 0) is 25.6 Å². The Hall–Kier alpha value is -1.30. The van der Waals surface area contributed by atoms with Crippen molar-refractivity contribution in [2.24, 2.45) is 0 Å². The first-order chi connectivity index (χ1) is 10.6. The summed E-state index contributed by atoms with van der Waals surface area (Å²) in [5.41, 5.74) is 0.449. The van der Waals surface area contributed by atoms with Gasteiger partial charge in [-0.2, -0.15) is 0 Å². The number of hydrogen-bond acceptors (Lipinski definition) is 4. The molecule has 5 nitrogen and oxygen atoms in total. The van der Waals surface area contributed by atoms with Crippen LogP contribution in [0.2, 0.25) is 5.02 Å². The maximum Gasteiger partial charge on any atom is 0.259 e. The predicted octanol–water partition coefficient (Wildman–Crippen LogP) is 1.89. The number of morpholine rings is 1. The van der Waals surface area contributed by atoms with Crippen LogP contribution in [0, 0.1) is 0 Å². The van der Waals surface area contributed by atoms with E-state index in [2.05, 4.69) is 11.9 Å². The lowest BCUT2D eigenvalue weighted by atomic mass is 9.98. The number of amides is 1. The van der Waals surface area contributed by atoms with Crippen molar-refractivity contribution in [3.05, 3.63) is 28.8 Å². The number of methoxy groups -OCH3 is 1. The number of hydrogen-bond donors (Lipinski definition) is 0. The molecule has 120 valence electrons. The van der Waals surface area contributed by atoms with Gasteiger partial charge in [-0.1, -0.05) is 17.7 Å². The number of likely N-dealkylation sites (tertiary alicyclic amines) is 1. The zero-order valence-electron chi connectivity index (χ0n) is 12.9. The summed E-state index contributed by atoms with van der Waals surface area (Å²) in [6, 6.07) is 5.52. The van der Waals surface area contributed by atoms with Crippen molar-refractivity contribution in [2.75, 3.05) is 40.4 Å². The number of benzene rings is 1. The second-order valence-corrected chi connectivity index (χ2v) is 6.22. The van der Waals surface area contributed by atoms with Crippen LogP contribution in [0.5, 0.6) is 5.75 Å². The number of nitrogens with zero attached hydrogens (tertiary/aromatic N) is 2. The number of likely N-dealkylation sites (N-methyl/N-ethyl adjacent to an activating group) is 1. The van der Waals surface area contributed by atoms with Gasteiger partial charge in [0.15, 0.2) is 0 Å². The Kier molecular flexibility index (Phi) is 4.57. The maximum absolute atomic E-state index is 12.9. The average Bonchev–Trinajstić information content (AvgIpc) is 2.54. The Morgan fingerprint density at radius 3 is 3.00 bits per heavy atom. The summed E-state index contributed by atoms with van der Waals surface area (Å²) in [7, 11) is 3.64. The van der Waals surface area contributed by atoms with Crippen molar-refractivity contribution in [1.82, 2.24) is 9.80 Å². The highest BCUT2D eigenvalue weighted by atomic mass is 35.5. The molecule has 0 unspecified atom stereocenters. The molecular weight excluding hydrogens is 304 g/mol. The van der Waals surface area contributed by atoms with Gasteiger partial charge in [0.1, 0.15) is 11.3 Å². The van der Waals surface area contributed by atoms with Gasteiger partial charge >= 0.3 is 0 Å². The minimum Gasteiger partial charge on any atom is -0.496 e. The van der Waals surface area contributed by atoms with Gasteiger partial charge in [-0.3, -0.25) is 9.69 Å². The standard InChI is InChI=1S/C16H21ClN2O3/c1-18-8-9-22-13-6-7-19(10-12(13)18)16(20)15-11(17)4-3-5-14(15)21-2/h3-5,12-13H,6-10H2,1-2H3/t12-,13-/m0/s1. The van der Waals surface area contributed by atoms with E-state index in [-0.39, 0.29) is 18.1 Å². The second kappa shape index (κ2) is 6.44. The average molecular weight is 325 g/mol. The fourth-order valence-corrected chi connectivity index (χ4v) is 3.51. The van der Waals surface area contributed by atoms with Gasteiger partial charge in [0.2, 0.25) is 0 Å². The molecule has 0 bridgehead atoms. The molecule has 2 saturated heterocycles. The quantitative estimate of drug-likeness (QED) is 0.833. The van der Waals surface area contributed by atoms with Crippen LogP contribution in [0.3, 0.4) is 0 Å². The first kappa shape index (κ1) is 15.6. The molecule has 3 rings (SSSR count). The number of halogens is 1. The summed E-state index contributed by atoms with van der Waals surface area (Å²) in [6.07, 6.45) is 1.07. The summed E-state index contributed by atoms with van der Waals surface area (Å²) >= 11 is 6.23. The summed E-state index contributed by atoms with van der Waals surface area (Å²) in [5.74, 6) is 0.452. The third-order valence-electron chi connectivity index (χ3n) is 4.56. The lowest BCUT2D eigenvalue weighted by molar-refractivity contribution is -0.0893. The van der Waals surface area contributed by atoms with Crippen molar-refractivity contribution in [2.45, 2.75) is 18.6 Å². The monoisotopic (exact) mass is 324 g/mol. The molecule has 0 aromatic heterocycles. The van der Waals surface area contributed by atoms with Gasteiger partial charge in [-0.15, -0.1) is 0 Å². The zero-order valence-corrected chi connectivity index (χ0v) is 13.7. The number of piperidine rings is 1. The SMILES string of the molecule is COc1cccc(Cl)c1C(=O)N1CC[C@@H]2OCCN(C)[C@H]2C1. The van der Waals surface area contributed by atoms with Crippen molar-refractivity contribution in [1.29, 1.82) is 0 Å². The van der Waals surface area contributed by atoms with E-state index >= 15 is 0 Å². The second-order valence-electron chi connectivity index (χ2n) is 5.81. The molecule has 0 N–H and O–H groups in total. The Bertz CT molecular complexity index is 566. The molecule has 22 heavy (non-hydrogen) atoms. The number of ether oxygens (including phenoxy) is 2. The number of carbonyl (C=O) groups is 1. The Morgan fingerprint density at radius 2 is 2.23 bits per heavy atom. The highest BCUT2D eigenvalue weighted by molar-refractivity contribution is 6.34. The summed E-state index contributed by atoms with van der Waals surface area (Å²) < 4.78 is 11.1. The molecule has 1 aromatic carbocycles. The number of carbonyl (C=O) groups excluding carboxylic acids is 1. The smallest absolute Gasteiger partial charge is 0.259 e. The molecule has 0 saturated carbocycles. The zero-order chi connectivity index (χ0) is 15.7. The van der Waals surface area contributed by atoms with Gasteiger partial charge in [0.05, 0.1) is 30.9 Å². The van der Waals surface area contributed by atoms with E-state index in [0.717, 1.165) is 19.6 Å². The molecule has 2 heterocycles.